The smallest absolute Gasteiger partial charge is 0.261 e. The minimum absolute atomic E-state index is 0.0390. The SMILES string of the molecule is CC(C)(C)CCNC(=O)c1ccc(NS(=O)(=O)c2ccc(F)cc2)cc1. The number of nitrogens with one attached hydrogen (secondary N) is 2. The number of amides is 1. The number of hydrogen-bond acceptors (Lipinski definition) is 3. The van der Waals surface area contributed by atoms with E-state index < -0.39 is 15.8 Å². The molecular weight excluding hydrogens is 355 g/mol. The van der Waals surface area contributed by atoms with Gasteiger partial charge in [0.15, 0.2) is 0 Å². The van der Waals surface area contributed by atoms with Gasteiger partial charge in [-0.05, 0) is 60.4 Å². The topological polar surface area (TPSA) is 75.3 Å². The van der Waals surface area contributed by atoms with E-state index in [2.05, 4.69) is 30.8 Å². The lowest BCUT2D eigenvalue weighted by molar-refractivity contribution is 0.0949. The third-order valence-corrected chi connectivity index (χ3v) is 5.08. The van der Waals surface area contributed by atoms with Crippen LogP contribution in [0.5, 0.6) is 0 Å². The molecule has 0 atom stereocenters. The van der Waals surface area contributed by atoms with Gasteiger partial charge in [-0.3, -0.25) is 9.52 Å². The Morgan fingerprint density at radius 1 is 1.00 bits per heavy atom. The second kappa shape index (κ2) is 7.86. The minimum Gasteiger partial charge on any atom is -0.352 e. The zero-order valence-electron chi connectivity index (χ0n) is 15.0. The average molecular weight is 378 g/mol. The molecule has 7 heteroatoms. The minimum atomic E-state index is -3.81. The van der Waals surface area contributed by atoms with Crippen molar-refractivity contribution in [1.29, 1.82) is 0 Å². The standard InChI is InChI=1S/C19H23FN2O3S/c1-19(2,3)12-13-21-18(23)14-4-8-16(9-5-14)22-26(24,25)17-10-6-15(20)7-11-17/h4-11,22H,12-13H2,1-3H3,(H,21,23). The van der Waals surface area contributed by atoms with Gasteiger partial charge in [-0.15, -0.1) is 0 Å². The highest BCUT2D eigenvalue weighted by Crippen LogP contribution is 2.18. The van der Waals surface area contributed by atoms with Crippen molar-refractivity contribution in [2.45, 2.75) is 32.1 Å². The number of carbonyl (C=O) groups is 1. The van der Waals surface area contributed by atoms with Crippen LogP contribution in [0, 0.1) is 11.2 Å². The molecule has 0 radical (unpaired) electrons. The summed E-state index contributed by atoms with van der Waals surface area (Å²) in [6.45, 7) is 6.87. The van der Waals surface area contributed by atoms with Gasteiger partial charge in [0.1, 0.15) is 5.82 Å². The van der Waals surface area contributed by atoms with Gasteiger partial charge >= 0.3 is 0 Å². The molecule has 2 N–H and O–H groups in total. The quantitative estimate of drug-likeness (QED) is 0.803. The van der Waals surface area contributed by atoms with Gasteiger partial charge in [0, 0.05) is 17.8 Å². The summed E-state index contributed by atoms with van der Waals surface area (Å²) in [5, 5.41) is 2.84. The van der Waals surface area contributed by atoms with E-state index in [1.54, 1.807) is 12.1 Å². The number of carbonyl (C=O) groups excluding carboxylic acids is 1. The van der Waals surface area contributed by atoms with Gasteiger partial charge in [-0.1, -0.05) is 20.8 Å². The van der Waals surface area contributed by atoms with Crippen LogP contribution >= 0.6 is 0 Å². The molecule has 0 aliphatic rings. The third-order valence-electron chi connectivity index (χ3n) is 3.68. The van der Waals surface area contributed by atoms with Crippen LogP contribution in [-0.4, -0.2) is 20.9 Å². The van der Waals surface area contributed by atoms with E-state index in [0.29, 0.717) is 17.8 Å². The molecule has 0 heterocycles. The summed E-state index contributed by atoms with van der Waals surface area (Å²) in [5.41, 5.74) is 0.902. The molecule has 0 spiro atoms. The molecule has 2 aromatic carbocycles. The molecule has 140 valence electrons. The lowest BCUT2D eigenvalue weighted by Crippen LogP contribution is -2.27. The molecule has 0 unspecified atom stereocenters. The molecule has 0 aromatic heterocycles. The van der Waals surface area contributed by atoms with Gasteiger partial charge < -0.3 is 5.32 Å². The van der Waals surface area contributed by atoms with E-state index in [9.17, 15) is 17.6 Å². The molecule has 26 heavy (non-hydrogen) atoms. The first-order chi connectivity index (χ1) is 12.1. The van der Waals surface area contributed by atoms with E-state index in [1.165, 1.54) is 24.3 Å². The van der Waals surface area contributed by atoms with Crippen molar-refractivity contribution in [3.05, 3.63) is 59.9 Å². The lowest BCUT2D eigenvalue weighted by Gasteiger charge is -2.18. The van der Waals surface area contributed by atoms with Crippen LogP contribution in [0.1, 0.15) is 37.6 Å². The molecule has 5 nitrogen and oxygen atoms in total. The Kier molecular flexibility index (Phi) is 6.02. The molecule has 0 aliphatic heterocycles. The van der Waals surface area contributed by atoms with E-state index in [4.69, 9.17) is 0 Å². The fraction of sp³-hybridized carbons (Fsp3) is 0.316. The van der Waals surface area contributed by atoms with Crippen molar-refractivity contribution >= 4 is 21.6 Å². The van der Waals surface area contributed by atoms with Crippen molar-refractivity contribution in [3.8, 4) is 0 Å². The maximum Gasteiger partial charge on any atom is 0.261 e. The van der Waals surface area contributed by atoms with Crippen LogP contribution < -0.4 is 10.0 Å². The van der Waals surface area contributed by atoms with Gasteiger partial charge in [0.2, 0.25) is 0 Å². The van der Waals surface area contributed by atoms with Crippen LogP contribution in [0.25, 0.3) is 0 Å². The van der Waals surface area contributed by atoms with Crippen molar-refractivity contribution in [2.75, 3.05) is 11.3 Å². The normalized spacial score (nSPS) is 11.8. The average Bonchev–Trinajstić information content (AvgIpc) is 2.54. The van der Waals surface area contributed by atoms with E-state index in [-0.39, 0.29) is 16.2 Å². The summed E-state index contributed by atoms with van der Waals surface area (Å²) in [7, 11) is -3.81. The Morgan fingerprint density at radius 3 is 2.12 bits per heavy atom. The molecule has 2 aromatic rings. The third kappa shape index (κ3) is 5.84. The van der Waals surface area contributed by atoms with E-state index >= 15 is 0 Å². The van der Waals surface area contributed by atoms with Crippen LogP contribution in [0.4, 0.5) is 10.1 Å². The number of hydrogen-bond donors (Lipinski definition) is 2. The maximum absolute atomic E-state index is 12.9. The highest BCUT2D eigenvalue weighted by atomic mass is 32.2. The fourth-order valence-electron chi connectivity index (χ4n) is 2.17. The van der Waals surface area contributed by atoms with Crippen molar-refractivity contribution in [3.63, 3.8) is 0 Å². The second-order valence-electron chi connectivity index (χ2n) is 7.20. The number of rotatable bonds is 6. The van der Waals surface area contributed by atoms with Crippen LogP contribution in [0.2, 0.25) is 0 Å². The van der Waals surface area contributed by atoms with Crippen LogP contribution in [0.15, 0.2) is 53.4 Å². The summed E-state index contributed by atoms with van der Waals surface area (Å²) in [6.07, 6.45) is 0.855. The Morgan fingerprint density at radius 2 is 1.58 bits per heavy atom. The Balaban J connectivity index is 2.00. The molecule has 0 fully saturated rings. The van der Waals surface area contributed by atoms with E-state index in [0.717, 1.165) is 18.6 Å². The van der Waals surface area contributed by atoms with Crippen molar-refractivity contribution in [1.82, 2.24) is 5.32 Å². The Labute approximate surface area is 153 Å². The zero-order valence-corrected chi connectivity index (χ0v) is 15.9. The molecule has 2 rings (SSSR count). The predicted molar refractivity (Wildman–Crippen MR) is 100 cm³/mol. The Bertz CT molecular complexity index is 855. The number of sulfonamides is 1. The van der Waals surface area contributed by atoms with Crippen LogP contribution in [-0.2, 0) is 10.0 Å². The molecule has 0 saturated heterocycles. The van der Waals surface area contributed by atoms with Gasteiger partial charge in [0.25, 0.3) is 15.9 Å². The summed E-state index contributed by atoms with van der Waals surface area (Å²) in [5.74, 6) is -0.715. The highest BCUT2D eigenvalue weighted by Gasteiger charge is 2.15. The molecular formula is C19H23FN2O3S. The van der Waals surface area contributed by atoms with Gasteiger partial charge in [-0.25, -0.2) is 12.8 Å². The number of anilines is 1. The molecule has 1 amide bonds. The van der Waals surface area contributed by atoms with Crippen molar-refractivity contribution < 1.29 is 17.6 Å². The molecule has 0 aliphatic carbocycles. The maximum atomic E-state index is 12.9. The van der Waals surface area contributed by atoms with Gasteiger partial charge in [0.05, 0.1) is 4.90 Å². The first-order valence-electron chi connectivity index (χ1n) is 8.23. The summed E-state index contributed by atoms with van der Waals surface area (Å²) in [4.78, 5) is 12.1. The first-order valence-corrected chi connectivity index (χ1v) is 9.72. The monoisotopic (exact) mass is 378 g/mol. The van der Waals surface area contributed by atoms with E-state index in [1.807, 2.05) is 0 Å². The molecule has 0 saturated carbocycles. The fourth-order valence-corrected chi connectivity index (χ4v) is 3.23. The van der Waals surface area contributed by atoms with Crippen LogP contribution in [0.3, 0.4) is 0 Å². The highest BCUT2D eigenvalue weighted by molar-refractivity contribution is 7.92. The molecule has 0 bridgehead atoms. The lowest BCUT2D eigenvalue weighted by atomic mass is 9.92. The summed E-state index contributed by atoms with van der Waals surface area (Å²) < 4.78 is 39.8. The predicted octanol–water partition coefficient (Wildman–Crippen LogP) is 3.79. The number of halogens is 1. The second-order valence-corrected chi connectivity index (χ2v) is 8.89. The summed E-state index contributed by atoms with van der Waals surface area (Å²) >= 11 is 0. The Hall–Kier alpha value is -2.41. The van der Waals surface area contributed by atoms with Gasteiger partial charge in [-0.2, -0.15) is 0 Å². The number of benzene rings is 2. The zero-order chi connectivity index (χ0) is 19.4. The first kappa shape index (κ1) is 19.9. The summed E-state index contributed by atoms with van der Waals surface area (Å²) in [6, 6.07) is 10.7. The van der Waals surface area contributed by atoms with Crippen molar-refractivity contribution in [2.24, 2.45) is 5.41 Å². The largest absolute Gasteiger partial charge is 0.352 e.